The minimum atomic E-state index is 0. The Labute approximate surface area is 170 Å². The summed E-state index contributed by atoms with van der Waals surface area (Å²) >= 11 is 0. The molecule has 0 saturated heterocycles. The van der Waals surface area contributed by atoms with E-state index in [1.54, 1.807) is 7.05 Å². The first-order valence-electron chi connectivity index (χ1n) is 8.41. The molecular formula is C19H24IN5O. The van der Waals surface area contributed by atoms with Crippen LogP contribution in [0, 0.1) is 6.92 Å². The van der Waals surface area contributed by atoms with Gasteiger partial charge in [-0.2, -0.15) is 0 Å². The Balaban J connectivity index is 0.00000243. The quantitative estimate of drug-likeness (QED) is 0.369. The van der Waals surface area contributed by atoms with E-state index in [1.807, 2.05) is 43.3 Å². The van der Waals surface area contributed by atoms with Crippen LogP contribution in [0.1, 0.15) is 29.3 Å². The van der Waals surface area contributed by atoms with E-state index in [2.05, 4.69) is 32.0 Å². The van der Waals surface area contributed by atoms with Gasteiger partial charge in [0.1, 0.15) is 0 Å². The zero-order valence-corrected chi connectivity index (χ0v) is 17.3. The number of carbonyl (C=O) groups is 1. The molecule has 26 heavy (non-hydrogen) atoms. The Morgan fingerprint density at radius 2 is 2.04 bits per heavy atom. The van der Waals surface area contributed by atoms with Gasteiger partial charge in [-0.1, -0.05) is 24.3 Å². The highest BCUT2D eigenvalue weighted by Crippen LogP contribution is 2.31. The molecule has 0 radical (unpaired) electrons. The van der Waals surface area contributed by atoms with Crippen LogP contribution in [0.4, 0.5) is 5.69 Å². The number of guanidine groups is 1. The van der Waals surface area contributed by atoms with Crippen molar-refractivity contribution in [2.24, 2.45) is 4.99 Å². The monoisotopic (exact) mass is 465 g/mol. The predicted molar refractivity (Wildman–Crippen MR) is 115 cm³/mol. The molecule has 1 aliphatic rings. The number of hydrogen-bond donors (Lipinski definition) is 3. The number of aromatic nitrogens is 1. The van der Waals surface area contributed by atoms with E-state index in [1.165, 1.54) is 0 Å². The maximum absolute atomic E-state index is 11.9. The molecule has 6 nitrogen and oxygen atoms in total. The van der Waals surface area contributed by atoms with Gasteiger partial charge in [0, 0.05) is 37.3 Å². The number of halogens is 1. The van der Waals surface area contributed by atoms with Crippen LogP contribution >= 0.6 is 24.0 Å². The molecule has 1 aromatic carbocycles. The number of aryl methyl sites for hydroxylation is 1. The van der Waals surface area contributed by atoms with Gasteiger partial charge in [0.15, 0.2) is 5.96 Å². The number of aliphatic imine (C=N–C) groups is 1. The molecule has 138 valence electrons. The van der Waals surface area contributed by atoms with Crippen molar-refractivity contribution in [3.05, 3.63) is 59.4 Å². The van der Waals surface area contributed by atoms with Crippen LogP contribution in [0.25, 0.3) is 0 Å². The number of nitrogens with zero attached hydrogens (tertiary/aromatic N) is 2. The van der Waals surface area contributed by atoms with Crippen molar-refractivity contribution in [2.45, 2.75) is 25.8 Å². The molecule has 1 unspecified atom stereocenters. The van der Waals surface area contributed by atoms with Crippen molar-refractivity contribution in [3.63, 3.8) is 0 Å². The van der Waals surface area contributed by atoms with Crippen LogP contribution in [-0.2, 0) is 11.3 Å². The summed E-state index contributed by atoms with van der Waals surface area (Å²) in [6.07, 6.45) is 0.473. The Hall–Kier alpha value is -2.16. The lowest BCUT2D eigenvalue weighted by molar-refractivity contribution is -0.116. The molecule has 1 aromatic heterocycles. The Morgan fingerprint density at radius 3 is 2.81 bits per heavy atom. The molecule has 0 saturated carbocycles. The zero-order valence-electron chi connectivity index (χ0n) is 15.0. The summed E-state index contributed by atoms with van der Waals surface area (Å²) in [7, 11) is 1.74. The normalized spacial score (nSPS) is 16.2. The third-order valence-electron chi connectivity index (χ3n) is 4.23. The van der Waals surface area contributed by atoms with Gasteiger partial charge in [-0.3, -0.25) is 14.8 Å². The summed E-state index contributed by atoms with van der Waals surface area (Å²) in [4.78, 5) is 20.6. The predicted octanol–water partition coefficient (Wildman–Crippen LogP) is 2.80. The second-order valence-electron chi connectivity index (χ2n) is 6.11. The highest BCUT2D eigenvalue weighted by molar-refractivity contribution is 14.0. The number of para-hydroxylation sites is 1. The van der Waals surface area contributed by atoms with E-state index >= 15 is 0 Å². The van der Waals surface area contributed by atoms with E-state index in [4.69, 9.17) is 0 Å². The number of nitrogens with one attached hydrogen (secondary N) is 3. The highest BCUT2D eigenvalue weighted by atomic mass is 127. The van der Waals surface area contributed by atoms with E-state index in [-0.39, 0.29) is 35.8 Å². The van der Waals surface area contributed by atoms with Crippen LogP contribution in [0.2, 0.25) is 0 Å². The van der Waals surface area contributed by atoms with Gasteiger partial charge in [0.25, 0.3) is 0 Å². The summed E-state index contributed by atoms with van der Waals surface area (Å²) in [5.41, 5.74) is 4.01. The van der Waals surface area contributed by atoms with Gasteiger partial charge in [-0.05, 0) is 30.7 Å². The number of rotatable bonds is 4. The second-order valence-corrected chi connectivity index (χ2v) is 6.11. The zero-order chi connectivity index (χ0) is 17.6. The fraction of sp³-hybridized carbons (Fsp3) is 0.316. The molecule has 0 bridgehead atoms. The van der Waals surface area contributed by atoms with E-state index in [9.17, 15) is 4.79 Å². The van der Waals surface area contributed by atoms with Crippen LogP contribution in [0.5, 0.6) is 0 Å². The number of hydrogen-bond acceptors (Lipinski definition) is 3. The summed E-state index contributed by atoms with van der Waals surface area (Å²) in [6, 6.07) is 13.9. The van der Waals surface area contributed by atoms with Crippen molar-refractivity contribution in [2.75, 3.05) is 18.9 Å². The number of amides is 1. The summed E-state index contributed by atoms with van der Waals surface area (Å²) in [5, 5.41) is 9.50. The molecule has 0 spiro atoms. The maximum atomic E-state index is 11.9. The molecule has 2 aromatic rings. The molecule has 0 fully saturated rings. The van der Waals surface area contributed by atoms with Crippen LogP contribution < -0.4 is 16.0 Å². The van der Waals surface area contributed by atoms with Gasteiger partial charge >= 0.3 is 0 Å². The standard InChI is InChI=1S/C19H23N5O.HI/c1-13-6-5-7-15(23-13)12-22-19(20-2)21-11-14-10-18(25)24-17-9-4-3-8-16(14)17;/h3-9,14H,10-12H2,1-2H3,(H,24,25)(H2,20,21,22);1H. The number of anilines is 1. The number of benzene rings is 1. The third kappa shape index (κ3) is 5.17. The van der Waals surface area contributed by atoms with Crippen LogP contribution in [0.3, 0.4) is 0 Å². The average Bonchev–Trinajstić information content (AvgIpc) is 2.61. The fourth-order valence-electron chi connectivity index (χ4n) is 3.00. The van der Waals surface area contributed by atoms with Gasteiger partial charge in [0.2, 0.25) is 5.91 Å². The van der Waals surface area contributed by atoms with Gasteiger partial charge < -0.3 is 16.0 Å². The fourth-order valence-corrected chi connectivity index (χ4v) is 3.00. The van der Waals surface area contributed by atoms with Crippen molar-refractivity contribution in [3.8, 4) is 0 Å². The molecule has 7 heteroatoms. The van der Waals surface area contributed by atoms with Crippen molar-refractivity contribution < 1.29 is 4.79 Å². The van der Waals surface area contributed by atoms with Gasteiger partial charge in [-0.25, -0.2) is 0 Å². The first-order valence-corrected chi connectivity index (χ1v) is 8.41. The first kappa shape index (κ1) is 20.2. The summed E-state index contributed by atoms with van der Waals surface area (Å²) < 4.78 is 0. The minimum Gasteiger partial charge on any atom is -0.356 e. The average molecular weight is 465 g/mol. The molecule has 3 rings (SSSR count). The third-order valence-corrected chi connectivity index (χ3v) is 4.23. The topological polar surface area (TPSA) is 78.4 Å². The van der Waals surface area contributed by atoms with Crippen molar-refractivity contribution >= 4 is 41.5 Å². The first-order chi connectivity index (χ1) is 12.2. The molecule has 1 amide bonds. The summed E-state index contributed by atoms with van der Waals surface area (Å²) in [5.74, 6) is 0.879. The van der Waals surface area contributed by atoms with Gasteiger partial charge in [-0.15, -0.1) is 24.0 Å². The van der Waals surface area contributed by atoms with Gasteiger partial charge in [0.05, 0.1) is 12.2 Å². The van der Waals surface area contributed by atoms with Crippen molar-refractivity contribution in [1.82, 2.24) is 15.6 Å². The molecule has 2 heterocycles. The Kier molecular flexibility index (Phi) is 7.38. The number of carbonyl (C=O) groups excluding carboxylic acids is 1. The Morgan fingerprint density at radius 1 is 1.23 bits per heavy atom. The molecular weight excluding hydrogens is 441 g/mol. The maximum Gasteiger partial charge on any atom is 0.225 e. The molecule has 1 atom stereocenters. The minimum absolute atomic E-state index is 0. The lowest BCUT2D eigenvalue weighted by atomic mass is 9.90. The molecule has 1 aliphatic heterocycles. The van der Waals surface area contributed by atoms with Crippen LogP contribution in [0.15, 0.2) is 47.5 Å². The summed E-state index contributed by atoms with van der Waals surface area (Å²) in [6.45, 7) is 3.22. The van der Waals surface area contributed by atoms with E-state index in [0.717, 1.165) is 22.6 Å². The number of pyridine rings is 1. The Bertz CT molecular complexity index is 793. The highest BCUT2D eigenvalue weighted by Gasteiger charge is 2.24. The second kappa shape index (κ2) is 9.51. The van der Waals surface area contributed by atoms with E-state index < -0.39 is 0 Å². The number of fused-ring (bicyclic) bond motifs is 1. The molecule has 0 aliphatic carbocycles. The SMILES string of the molecule is CN=C(NCc1cccc(C)n1)NCC1CC(=O)Nc2ccccc21.I. The lowest BCUT2D eigenvalue weighted by Crippen LogP contribution is -2.40. The molecule has 3 N–H and O–H groups in total. The van der Waals surface area contributed by atoms with Crippen LogP contribution in [-0.4, -0.2) is 30.4 Å². The smallest absolute Gasteiger partial charge is 0.225 e. The lowest BCUT2D eigenvalue weighted by Gasteiger charge is -2.26. The largest absolute Gasteiger partial charge is 0.356 e. The van der Waals surface area contributed by atoms with Crippen molar-refractivity contribution in [1.29, 1.82) is 0 Å². The van der Waals surface area contributed by atoms with E-state index in [0.29, 0.717) is 25.5 Å².